The molecule has 0 bridgehead atoms. The molecular formula is C20H22FIN4O3S. The zero-order valence-electron chi connectivity index (χ0n) is 16.7. The molecule has 30 heavy (non-hydrogen) atoms. The Balaban J connectivity index is 2.11. The highest BCUT2D eigenvalue weighted by Gasteiger charge is 2.35. The monoisotopic (exact) mass is 544 g/mol. The standard InChI is InChI=1S/C20H22FIN4O3S/c1-9(16(23)27)25-17(28)14-11-7-20(2,3)8-24-18(29)15(11)30-19(14)26-13-5-4-10(22)6-12(13)21/h4-6,9,26H,7-8H2,1-3H3,(H2,23,27)(H,24,29)(H,25,28). The molecule has 0 radical (unpaired) electrons. The molecule has 10 heteroatoms. The largest absolute Gasteiger partial charge is 0.368 e. The van der Waals surface area contributed by atoms with Gasteiger partial charge in [-0.1, -0.05) is 13.8 Å². The predicted molar refractivity (Wildman–Crippen MR) is 123 cm³/mol. The summed E-state index contributed by atoms with van der Waals surface area (Å²) in [6.45, 7) is 5.91. The first-order chi connectivity index (χ1) is 14.0. The van der Waals surface area contributed by atoms with Crippen molar-refractivity contribution in [3.63, 3.8) is 0 Å². The quantitative estimate of drug-likeness (QED) is 0.434. The smallest absolute Gasteiger partial charge is 0.261 e. The Morgan fingerprint density at radius 1 is 1.37 bits per heavy atom. The molecule has 2 heterocycles. The van der Waals surface area contributed by atoms with E-state index < -0.39 is 23.7 Å². The Labute approximate surface area is 191 Å². The number of rotatable bonds is 5. The first-order valence-electron chi connectivity index (χ1n) is 9.24. The molecule has 0 saturated heterocycles. The number of primary amides is 1. The van der Waals surface area contributed by atoms with Crippen LogP contribution in [0.4, 0.5) is 15.1 Å². The second kappa shape index (κ2) is 8.50. The Hall–Kier alpha value is -2.21. The third-order valence-corrected chi connectivity index (χ3v) is 6.59. The van der Waals surface area contributed by atoms with E-state index in [4.69, 9.17) is 5.73 Å². The third-order valence-electron chi connectivity index (χ3n) is 4.78. The van der Waals surface area contributed by atoms with Crippen LogP contribution in [-0.4, -0.2) is 30.3 Å². The number of nitrogens with one attached hydrogen (secondary N) is 3. The molecule has 0 spiro atoms. The van der Waals surface area contributed by atoms with Gasteiger partial charge in [0.2, 0.25) is 5.91 Å². The molecule has 1 atom stereocenters. The molecule has 1 aliphatic heterocycles. The Morgan fingerprint density at radius 2 is 2.07 bits per heavy atom. The van der Waals surface area contributed by atoms with Crippen LogP contribution in [0, 0.1) is 14.8 Å². The zero-order chi connectivity index (χ0) is 22.2. The van der Waals surface area contributed by atoms with Gasteiger partial charge in [-0.2, -0.15) is 0 Å². The van der Waals surface area contributed by atoms with E-state index in [0.717, 1.165) is 14.9 Å². The highest BCUT2D eigenvalue weighted by molar-refractivity contribution is 14.1. The lowest BCUT2D eigenvalue weighted by molar-refractivity contribution is -0.119. The van der Waals surface area contributed by atoms with E-state index in [1.807, 2.05) is 36.4 Å². The van der Waals surface area contributed by atoms with Crippen molar-refractivity contribution in [2.24, 2.45) is 11.1 Å². The van der Waals surface area contributed by atoms with E-state index >= 15 is 0 Å². The third kappa shape index (κ3) is 4.75. The van der Waals surface area contributed by atoms with Gasteiger partial charge in [-0.15, -0.1) is 11.3 Å². The van der Waals surface area contributed by atoms with Crippen molar-refractivity contribution in [3.05, 3.63) is 43.6 Å². The molecular weight excluding hydrogens is 522 g/mol. The SMILES string of the molecule is CC(NC(=O)c1c(Nc2ccc(I)cc2F)sc2c1CC(C)(C)CNC2=O)C(N)=O. The summed E-state index contributed by atoms with van der Waals surface area (Å²) in [6.07, 6.45) is 0.460. The molecule has 7 nitrogen and oxygen atoms in total. The van der Waals surface area contributed by atoms with Crippen molar-refractivity contribution >= 4 is 62.3 Å². The van der Waals surface area contributed by atoms with Crippen molar-refractivity contribution in [2.75, 3.05) is 11.9 Å². The average molecular weight is 544 g/mol. The molecule has 1 aliphatic rings. The molecule has 1 aromatic heterocycles. The lowest BCUT2D eigenvalue weighted by Crippen LogP contribution is -2.42. The first-order valence-corrected chi connectivity index (χ1v) is 11.1. The van der Waals surface area contributed by atoms with Crippen LogP contribution in [0.5, 0.6) is 0 Å². The van der Waals surface area contributed by atoms with E-state index in [1.165, 1.54) is 13.0 Å². The maximum atomic E-state index is 14.4. The molecule has 0 saturated carbocycles. The number of nitrogens with two attached hydrogens (primary N) is 1. The number of thiophene rings is 1. The van der Waals surface area contributed by atoms with Gasteiger partial charge in [0, 0.05) is 10.1 Å². The van der Waals surface area contributed by atoms with Crippen LogP contribution in [0.2, 0.25) is 0 Å². The summed E-state index contributed by atoms with van der Waals surface area (Å²) in [5.74, 6) is -1.99. The fourth-order valence-corrected chi connectivity index (χ4v) is 4.74. The van der Waals surface area contributed by atoms with Crippen LogP contribution in [0.3, 0.4) is 0 Å². The summed E-state index contributed by atoms with van der Waals surface area (Å²) in [5.41, 5.74) is 5.97. The summed E-state index contributed by atoms with van der Waals surface area (Å²) < 4.78 is 15.2. The van der Waals surface area contributed by atoms with Gasteiger partial charge in [-0.3, -0.25) is 14.4 Å². The molecule has 3 rings (SSSR count). The van der Waals surface area contributed by atoms with Crippen LogP contribution >= 0.6 is 33.9 Å². The molecule has 0 aliphatic carbocycles. The maximum absolute atomic E-state index is 14.4. The maximum Gasteiger partial charge on any atom is 0.261 e. The summed E-state index contributed by atoms with van der Waals surface area (Å²) in [4.78, 5) is 37.6. The predicted octanol–water partition coefficient (Wildman–Crippen LogP) is 3.15. The average Bonchev–Trinajstić information content (AvgIpc) is 2.94. The number of halogens is 2. The summed E-state index contributed by atoms with van der Waals surface area (Å²) >= 11 is 3.09. The van der Waals surface area contributed by atoms with Crippen LogP contribution in [0.1, 0.15) is 46.4 Å². The second-order valence-electron chi connectivity index (χ2n) is 7.98. The summed E-state index contributed by atoms with van der Waals surface area (Å²) in [5, 5.41) is 8.74. The minimum Gasteiger partial charge on any atom is -0.368 e. The van der Waals surface area contributed by atoms with Crippen molar-refractivity contribution in [1.82, 2.24) is 10.6 Å². The molecule has 1 unspecified atom stereocenters. The highest BCUT2D eigenvalue weighted by atomic mass is 127. The lowest BCUT2D eigenvalue weighted by Gasteiger charge is -2.23. The number of carbonyl (C=O) groups is 3. The minimum absolute atomic E-state index is 0.184. The van der Waals surface area contributed by atoms with E-state index in [2.05, 4.69) is 16.0 Å². The van der Waals surface area contributed by atoms with Gasteiger partial charge in [-0.25, -0.2) is 4.39 Å². The first kappa shape index (κ1) is 22.5. The molecule has 5 N–H and O–H groups in total. The van der Waals surface area contributed by atoms with Crippen LogP contribution in [-0.2, 0) is 11.2 Å². The van der Waals surface area contributed by atoms with Crippen molar-refractivity contribution < 1.29 is 18.8 Å². The number of hydrogen-bond donors (Lipinski definition) is 4. The van der Waals surface area contributed by atoms with Crippen LogP contribution < -0.4 is 21.7 Å². The normalized spacial score (nSPS) is 16.1. The van der Waals surface area contributed by atoms with Crippen molar-refractivity contribution in [2.45, 2.75) is 33.2 Å². The lowest BCUT2D eigenvalue weighted by atomic mass is 9.85. The number of benzene rings is 1. The van der Waals surface area contributed by atoms with Gasteiger partial charge in [-0.05, 0) is 65.1 Å². The van der Waals surface area contributed by atoms with Crippen molar-refractivity contribution in [3.8, 4) is 0 Å². The molecule has 0 fully saturated rings. The van der Waals surface area contributed by atoms with E-state index in [1.54, 1.807) is 12.1 Å². The van der Waals surface area contributed by atoms with Crippen molar-refractivity contribution in [1.29, 1.82) is 0 Å². The zero-order valence-corrected chi connectivity index (χ0v) is 19.7. The highest BCUT2D eigenvalue weighted by Crippen LogP contribution is 2.40. The fourth-order valence-electron chi connectivity index (χ4n) is 3.14. The van der Waals surface area contributed by atoms with E-state index in [-0.39, 0.29) is 22.6 Å². The van der Waals surface area contributed by atoms with Crippen LogP contribution in [0.15, 0.2) is 18.2 Å². The van der Waals surface area contributed by atoms with Gasteiger partial charge in [0.15, 0.2) is 0 Å². The van der Waals surface area contributed by atoms with Gasteiger partial charge in [0.1, 0.15) is 16.9 Å². The Bertz CT molecular complexity index is 1040. The topological polar surface area (TPSA) is 113 Å². The number of hydrogen-bond acceptors (Lipinski definition) is 5. The summed E-state index contributed by atoms with van der Waals surface area (Å²) in [6, 6.07) is 3.77. The fraction of sp³-hybridized carbons (Fsp3) is 0.350. The van der Waals surface area contributed by atoms with E-state index in [0.29, 0.717) is 28.4 Å². The second-order valence-corrected chi connectivity index (χ2v) is 10.3. The van der Waals surface area contributed by atoms with Gasteiger partial charge in [0.05, 0.1) is 16.1 Å². The summed E-state index contributed by atoms with van der Waals surface area (Å²) in [7, 11) is 0. The number of amides is 3. The molecule has 160 valence electrons. The molecule has 1 aromatic carbocycles. The Kier molecular flexibility index (Phi) is 6.37. The number of fused-ring (bicyclic) bond motifs is 1. The molecule has 3 amide bonds. The van der Waals surface area contributed by atoms with Gasteiger partial charge in [0.25, 0.3) is 11.8 Å². The van der Waals surface area contributed by atoms with Gasteiger partial charge >= 0.3 is 0 Å². The number of anilines is 2. The van der Waals surface area contributed by atoms with Crippen LogP contribution in [0.25, 0.3) is 0 Å². The molecule has 2 aromatic rings. The van der Waals surface area contributed by atoms with Gasteiger partial charge < -0.3 is 21.7 Å². The Morgan fingerprint density at radius 3 is 2.70 bits per heavy atom. The number of carbonyl (C=O) groups excluding carboxylic acids is 3. The minimum atomic E-state index is -0.899. The van der Waals surface area contributed by atoms with E-state index in [9.17, 15) is 18.8 Å².